The molecule has 0 amide bonds. The van der Waals surface area contributed by atoms with E-state index in [9.17, 15) is 9.18 Å². The molecule has 0 saturated carbocycles. The molecule has 7 nitrogen and oxygen atoms in total. The van der Waals surface area contributed by atoms with E-state index in [4.69, 9.17) is 9.84 Å². The highest BCUT2D eigenvalue weighted by Crippen LogP contribution is 2.29. The summed E-state index contributed by atoms with van der Waals surface area (Å²) in [6.07, 6.45) is 3.13. The molecule has 3 N–H and O–H groups in total. The van der Waals surface area contributed by atoms with Crippen molar-refractivity contribution in [1.82, 2.24) is 15.0 Å². The van der Waals surface area contributed by atoms with Crippen molar-refractivity contribution in [1.29, 1.82) is 0 Å². The lowest BCUT2D eigenvalue weighted by Crippen LogP contribution is -2.01. The van der Waals surface area contributed by atoms with Crippen molar-refractivity contribution in [3.8, 4) is 17.1 Å². The van der Waals surface area contributed by atoms with Crippen molar-refractivity contribution in [2.75, 3.05) is 12.4 Å². The van der Waals surface area contributed by atoms with Gasteiger partial charge < -0.3 is 20.1 Å². The van der Waals surface area contributed by atoms with Gasteiger partial charge in [-0.2, -0.15) is 0 Å². The quantitative estimate of drug-likeness (QED) is 0.481. The summed E-state index contributed by atoms with van der Waals surface area (Å²) in [7, 11) is 1.46. The first-order valence-corrected chi connectivity index (χ1v) is 8.32. The number of methoxy groups -OCH3 is 1. The molecule has 8 heteroatoms. The van der Waals surface area contributed by atoms with Crippen LogP contribution in [0.25, 0.3) is 22.3 Å². The lowest BCUT2D eigenvalue weighted by Gasteiger charge is -2.11. The number of H-pyrrole nitrogens is 1. The van der Waals surface area contributed by atoms with E-state index in [0.717, 1.165) is 10.9 Å². The number of nitrogens with one attached hydrogen (secondary N) is 2. The zero-order valence-corrected chi connectivity index (χ0v) is 14.7. The first kappa shape index (κ1) is 17.5. The van der Waals surface area contributed by atoms with Crippen molar-refractivity contribution >= 4 is 28.4 Å². The van der Waals surface area contributed by atoms with Gasteiger partial charge in [0, 0.05) is 10.9 Å². The minimum absolute atomic E-state index is 0.118. The maximum atomic E-state index is 13.4. The lowest BCUT2D eigenvalue weighted by atomic mass is 10.2. The van der Waals surface area contributed by atoms with E-state index in [1.54, 1.807) is 24.4 Å². The molecule has 0 aliphatic heterocycles. The van der Waals surface area contributed by atoms with Gasteiger partial charge in [0.15, 0.2) is 0 Å². The van der Waals surface area contributed by atoms with Gasteiger partial charge in [-0.15, -0.1) is 0 Å². The van der Waals surface area contributed by atoms with Crippen LogP contribution in [-0.2, 0) is 0 Å². The predicted molar refractivity (Wildman–Crippen MR) is 103 cm³/mol. The molecule has 0 saturated heterocycles. The van der Waals surface area contributed by atoms with Crippen LogP contribution in [0, 0.1) is 5.82 Å². The molecule has 2 aromatic heterocycles. The van der Waals surface area contributed by atoms with Gasteiger partial charge in [0.05, 0.1) is 36.4 Å². The summed E-state index contributed by atoms with van der Waals surface area (Å²) >= 11 is 0. The summed E-state index contributed by atoms with van der Waals surface area (Å²) in [5.41, 5.74) is 2.74. The number of fused-ring (bicyclic) bond motifs is 1. The highest BCUT2D eigenvalue weighted by molar-refractivity contribution is 5.89. The van der Waals surface area contributed by atoms with E-state index < -0.39 is 5.97 Å². The molecule has 0 unspecified atom stereocenters. The first-order valence-electron chi connectivity index (χ1n) is 8.32. The van der Waals surface area contributed by atoms with Crippen LogP contribution < -0.4 is 10.1 Å². The van der Waals surface area contributed by atoms with Gasteiger partial charge in [-0.3, -0.25) is 4.98 Å². The van der Waals surface area contributed by atoms with E-state index in [2.05, 4.69) is 20.3 Å². The number of carbonyl (C=O) groups is 1. The summed E-state index contributed by atoms with van der Waals surface area (Å²) in [5, 5.41) is 12.9. The smallest absolute Gasteiger partial charge is 0.335 e. The molecule has 0 atom stereocenters. The van der Waals surface area contributed by atoms with E-state index in [1.807, 2.05) is 0 Å². The topological polar surface area (TPSA) is 100 Å². The van der Waals surface area contributed by atoms with Gasteiger partial charge in [0.1, 0.15) is 23.1 Å². The maximum absolute atomic E-state index is 13.4. The molecular formula is C20H15FN4O3. The van der Waals surface area contributed by atoms with Gasteiger partial charge in [-0.1, -0.05) is 0 Å². The molecule has 0 bridgehead atoms. The van der Waals surface area contributed by atoms with Crippen molar-refractivity contribution in [3.05, 3.63) is 66.2 Å². The number of nitrogens with zero attached hydrogens (tertiary/aromatic N) is 2. The number of benzene rings is 2. The van der Waals surface area contributed by atoms with Crippen LogP contribution in [0.1, 0.15) is 10.4 Å². The third-order valence-corrected chi connectivity index (χ3v) is 4.20. The Morgan fingerprint density at radius 1 is 1.18 bits per heavy atom. The molecule has 0 fully saturated rings. The fourth-order valence-electron chi connectivity index (χ4n) is 2.86. The van der Waals surface area contributed by atoms with Crippen LogP contribution in [0.5, 0.6) is 5.75 Å². The van der Waals surface area contributed by atoms with Gasteiger partial charge in [0.2, 0.25) is 0 Å². The van der Waals surface area contributed by atoms with Crippen LogP contribution in [0.4, 0.5) is 15.9 Å². The number of carboxylic acid groups (broad SMARTS) is 1. The number of aromatic nitrogens is 3. The third-order valence-electron chi connectivity index (χ3n) is 4.20. The van der Waals surface area contributed by atoms with E-state index in [1.165, 1.54) is 37.6 Å². The highest BCUT2D eigenvalue weighted by atomic mass is 19.1. The monoisotopic (exact) mass is 378 g/mol. The first-order chi connectivity index (χ1) is 13.5. The molecule has 140 valence electrons. The maximum Gasteiger partial charge on any atom is 0.335 e. The number of ether oxygens (including phenoxy) is 1. The normalized spacial score (nSPS) is 10.8. The Morgan fingerprint density at radius 2 is 2.04 bits per heavy atom. The Bertz CT molecular complexity index is 1190. The number of rotatable bonds is 5. The van der Waals surface area contributed by atoms with Crippen molar-refractivity contribution in [2.24, 2.45) is 0 Å². The second kappa shape index (κ2) is 6.99. The number of anilines is 2. The largest absolute Gasteiger partial charge is 0.495 e. The standard InChI is InChI=1S/C20H15FN4O3/c1-28-18-8-11(20(26)27)2-4-15(18)24-19-10-22-9-17(25-19)16-7-12-6-13(21)3-5-14(12)23-16/h2-10,23H,1H3,(H,24,25)(H,26,27). The summed E-state index contributed by atoms with van der Waals surface area (Å²) in [6.45, 7) is 0. The average Bonchev–Trinajstić information content (AvgIpc) is 3.11. The molecule has 4 rings (SSSR count). The van der Waals surface area contributed by atoms with Gasteiger partial charge >= 0.3 is 5.97 Å². The summed E-state index contributed by atoms with van der Waals surface area (Å²) in [6, 6.07) is 10.8. The zero-order chi connectivity index (χ0) is 19.7. The van der Waals surface area contributed by atoms with Gasteiger partial charge in [-0.05, 0) is 42.5 Å². The van der Waals surface area contributed by atoms with E-state index in [0.29, 0.717) is 28.6 Å². The van der Waals surface area contributed by atoms with Gasteiger partial charge in [0.25, 0.3) is 0 Å². The number of aromatic carboxylic acids is 1. The van der Waals surface area contributed by atoms with Crippen LogP contribution >= 0.6 is 0 Å². The highest BCUT2D eigenvalue weighted by Gasteiger charge is 2.11. The fraction of sp³-hybridized carbons (Fsp3) is 0.0500. The Labute approximate surface area is 158 Å². The second-order valence-corrected chi connectivity index (χ2v) is 6.05. The molecule has 28 heavy (non-hydrogen) atoms. The summed E-state index contributed by atoms with van der Waals surface area (Å²) in [4.78, 5) is 23.0. The number of halogens is 1. The third kappa shape index (κ3) is 3.35. The SMILES string of the molecule is COc1cc(C(=O)O)ccc1Nc1cncc(-c2cc3cc(F)ccc3[nH]2)n1. The van der Waals surface area contributed by atoms with Crippen LogP contribution in [0.3, 0.4) is 0 Å². The molecule has 2 heterocycles. The number of hydrogen-bond donors (Lipinski definition) is 3. The Morgan fingerprint density at radius 3 is 2.82 bits per heavy atom. The minimum Gasteiger partial charge on any atom is -0.495 e. The Kier molecular flexibility index (Phi) is 4.36. The minimum atomic E-state index is -1.04. The Hall–Kier alpha value is -3.94. The lowest BCUT2D eigenvalue weighted by molar-refractivity contribution is 0.0696. The van der Waals surface area contributed by atoms with Crippen molar-refractivity contribution in [3.63, 3.8) is 0 Å². The molecule has 0 aliphatic carbocycles. The predicted octanol–water partition coefficient (Wildman–Crippen LogP) is 4.21. The number of carboxylic acids is 1. The molecule has 0 radical (unpaired) electrons. The summed E-state index contributed by atoms with van der Waals surface area (Å²) < 4.78 is 18.7. The molecule has 0 aliphatic rings. The molecule has 0 spiro atoms. The van der Waals surface area contributed by atoms with E-state index >= 15 is 0 Å². The summed E-state index contributed by atoms with van der Waals surface area (Å²) in [5.74, 6) is -0.532. The van der Waals surface area contributed by atoms with Crippen molar-refractivity contribution < 1.29 is 19.0 Å². The average molecular weight is 378 g/mol. The van der Waals surface area contributed by atoms with Gasteiger partial charge in [-0.25, -0.2) is 14.2 Å². The molecule has 2 aromatic carbocycles. The molecule has 4 aromatic rings. The Balaban J connectivity index is 1.66. The number of aromatic amines is 1. The molecular weight excluding hydrogens is 363 g/mol. The van der Waals surface area contributed by atoms with Crippen LogP contribution in [0.15, 0.2) is 54.9 Å². The fourth-order valence-corrected chi connectivity index (χ4v) is 2.86. The zero-order valence-electron chi connectivity index (χ0n) is 14.7. The van der Waals surface area contributed by atoms with Crippen LogP contribution in [-0.4, -0.2) is 33.1 Å². The number of hydrogen-bond acceptors (Lipinski definition) is 5. The second-order valence-electron chi connectivity index (χ2n) is 6.05. The van der Waals surface area contributed by atoms with E-state index in [-0.39, 0.29) is 11.4 Å². The van der Waals surface area contributed by atoms with Crippen LogP contribution in [0.2, 0.25) is 0 Å². The van der Waals surface area contributed by atoms with Crippen molar-refractivity contribution in [2.45, 2.75) is 0 Å².